The second-order valence-electron chi connectivity index (χ2n) is 4.87. The monoisotopic (exact) mass is 198 g/mol. The lowest BCUT2D eigenvalue weighted by atomic mass is 9.73. The van der Waals surface area contributed by atoms with E-state index in [9.17, 15) is 4.79 Å². The molecule has 1 saturated heterocycles. The quantitative estimate of drug-likeness (QED) is 0.513. The molecule has 0 aromatic carbocycles. The lowest BCUT2D eigenvalue weighted by Crippen LogP contribution is -2.40. The van der Waals surface area contributed by atoms with E-state index in [4.69, 9.17) is 9.47 Å². The summed E-state index contributed by atoms with van der Waals surface area (Å²) in [5.41, 5.74) is -0.724. The summed E-state index contributed by atoms with van der Waals surface area (Å²) >= 11 is 0. The molecule has 3 heteroatoms. The van der Waals surface area contributed by atoms with Crippen molar-refractivity contribution in [1.29, 1.82) is 0 Å². The summed E-state index contributed by atoms with van der Waals surface area (Å²) < 4.78 is 10.6. The largest absolute Gasteiger partial charge is 0.467 e. The Bertz CT molecular complexity index is 255. The molecule has 1 atom stereocenters. The van der Waals surface area contributed by atoms with Crippen molar-refractivity contribution in [3.63, 3.8) is 0 Å². The van der Waals surface area contributed by atoms with Crippen LogP contribution in [0.15, 0.2) is 0 Å². The molecule has 0 amide bonds. The minimum Gasteiger partial charge on any atom is -0.467 e. The fourth-order valence-electron chi connectivity index (χ4n) is 2.59. The van der Waals surface area contributed by atoms with Gasteiger partial charge in [0.2, 0.25) is 0 Å². The topological polar surface area (TPSA) is 38.8 Å². The van der Waals surface area contributed by atoms with Crippen LogP contribution in [0.3, 0.4) is 0 Å². The third-order valence-electron chi connectivity index (χ3n) is 3.44. The number of hydrogen-bond acceptors (Lipinski definition) is 3. The lowest BCUT2D eigenvalue weighted by molar-refractivity contribution is -0.147. The molecule has 0 radical (unpaired) electrons. The zero-order valence-electron chi connectivity index (χ0n) is 9.13. The minimum absolute atomic E-state index is 0.135. The molecular formula is C11H18O3. The second-order valence-corrected chi connectivity index (χ2v) is 4.87. The molecule has 0 aromatic heterocycles. The van der Waals surface area contributed by atoms with Gasteiger partial charge in [0.25, 0.3) is 0 Å². The Balaban J connectivity index is 2.12. The van der Waals surface area contributed by atoms with Crippen molar-refractivity contribution >= 4 is 5.97 Å². The molecule has 2 aliphatic rings. The first-order valence-corrected chi connectivity index (χ1v) is 5.35. The van der Waals surface area contributed by atoms with Crippen LogP contribution in [0.1, 0.15) is 39.5 Å². The van der Waals surface area contributed by atoms with Gasteiger partial charge in [-0.3, -0.25) is 0 Å². The van der Waals surface area contributed by atoms with Gasteiger partial charge in [0, 0.05) is 0 Å². The van der Waals surface area contributed by atoms with E-state index in [0.29, 0.717) is 5.92 Å². The average Bonchev–Trinajstić information content (AvgIpc) is 2.72. The number of methoxy groups -OCH3 is 1. The van der Waals surface area contributed by atoms with Gasteiger partial charge in [0.1, 0.15) is 5.60 Å². The maximum absolute atomic E-state index is 11.7. The number of carbonyl (C=O) groups excluding carboxylic acids is 1. The predicted molar refractivity (Wildman–Crippen MR) is 51.9 cm³/mol. The molecule has 80 valence electrons. The predicted octanol–water partition coefficient (Wildman–Crippen LogP) is 1.90. The van der Waals surface area contributed by atoms with Crippen molar-refractivity contribution < 1.29 is 14.3 Å². The molecule has 1 heterocycles. The van der Waals surface area contributed by atoms with E-state index in [1.807, 2.05) is 0 Å². The van der Waals surface area contributed by atoms with Gasteiger partial charge in [-0.15, -0.1) is 0 Å². The van der Waals surface area contributed by atoms with Crippen molar-refractivity contribution in [2.45, 2.75) is 50.7 Å². The van der Waals surface area contributed by atoms with Gasteiger partial charge in [-0.2, -0.15) is 0 Å². The van der Waals surface area contributed by atoms with E-state index in [2.05, 4.69) is 13.8 Å². The number of carbonyl (C=O) groups is 1. The molecule has 2 fully saturated rings. The molecule has 1 aliphatic heterocycles. The van der Waals surface area contributed by atoms with E-state index in [-0.39, 0.29) is 11.6 Å². The molecule has 0 bridgehead atoms. The number of ether oxygens (including phenoxy) is 2. The molecule has 1 aliphatic carbocycles. The smallest absolute Gasteiger partial charge is 0.341 e. The molecular weight excluding hydrogens is 180 g/mol. The van der Waals surface area contributed by atoms with Crippen molar-refractivity contribution in [1.82, 2.24) is 0 Å². The minimum atomic E-state index is -0.589. The zero-order chi connectivity index (χ0) is 10.4. The third kappa shape index (κ3) is 1.11. The summed E-state index contributed by atoms with van der Waals surface area (Å²) in [6.45, 7) is 4.22. The Morgan fingerprint density at radius 3 is 2.43 bits per heavy atom. The molecule has 0 aromatic rings. The number of rotatable bonds is 3. The molecule has 14 heavy (non-hydrogen) atoms. The molecule has 2 rings (SSSR count). The molecule has 1 saturated carbocycles. The van der Waals surface area contributed by atoms with Crippen LogP contribution in [-0.2, 0) is 14.3 Å². The molecule has 1 unspecified atom stereocenters. The van der Waals surface area contributed by atoms with Gasteiger partial charge in [-0.1, -0.05) is 13.8 Å². The molecule has 0 N–H and O–H groups in total. The van der Waals surface area contributed by atoms with Crippen LogP contribution < -0.4 is 0 Å². The highest BCUT2D eigenvalue weighted by Crippen LogP contribution is 2.63. The molecule has 3 nitrogen and oxygen atoms in total. The summed E-state index contributed by atoms with van der Waals surface area (Å²) in [6.07, 6.45) is 4.01. The van der Waals surface area contributed by atoms with Crippen LogP contribution >= 0.6 is 0 Å². The Morgan fingerprint density at radius 1 is 1.50 bits per heavy atom. The van der Waals surface area contributed by atoms with Crippen LogP contribution in [0.4, 0.5) is 0 Å². The van der Waals surface area contributed by atoms with E-state index in [0.717, 1.165) is 19.3 Å². The van der Waals surface area contributed by atoms with Crippen molar-refractivity contribution in [2.24, 2.45) is 5.92 Å². The Kier molecular flexibility index (Phi) is 2.11. The normalized spacial score (nSPS) is 32.9. The Labute approximate surface area is 84.8 Å². The summed E-state index contributed by atoms with van der Waals surface area (Å²) in [4.78, 5) is 11.7. The standard InChI is InChI=1S/C11H18O3/c1-8(2)7-11(9(12)13-3)10(14-11)5-4-6-10/h8H,4-7H2,1-3H3. The maximum Gasteiger partial charge on any atom is 0.341 e. The summed E-state index contributed by atoms with van der Waals surface area (Å²) in [7, 11) is 1.44. The SMILES string of the molecule is COC(=O)C1(CC(C)C)OC12CCC2. The average molecular weight is 198 g/mol. The lowest BCUT2D eigenvalue weighted by Gasteiger charge is -2.26. The van der Waals surface area contributed by atoms with Crippen LogP contribution in [0.2, 0.25) is 0 Å². The third-order valence-corrected chi connectivity index (χ3v) is 3.44. The van der Waals surface area contributed by atoms with E-state index in [1.54, 1.807) is 0 Å². The summed E-state index contributed by atoms with van der Waals surface area (Å²) in [6, 6.07) is 0. The fraction of sp³-hybridized carbons (Fsp3) is 0.909. The Hall–Kier alpha value is -0.570. The zero-order valence-corrected chi connectivity index (χ0v) is 9.13. The highest BCUT2D eigenvalue weighted by Gasteiger charge is 2.77. The van der Waals surface area contributed by atoms with Gasteiger partial charge in [0.05, 0.1) is 7.11 Å². The van der Waals surface area contributed by atoms with E-state index >= 15 is 0 Å². The maximum atomic E-state index is 11.7. The van der Waals surface area contributed by atoms with Crippen molar-refractivity contribution in [3.05, 3.63) is 0 Å². The van der Waals surface area contributed by atoms with Gasteiger partial charge in [-0.05, 0) is 31.6 Å². The van der Waals surface area contributed by atoms with E-state index in [1.165, 1.54) is 13.5 Å². The summed E-state index contributed by atoms with van der Waals surface area (Å²) in [5.74, 6) is 0.292. The second kappa shape index (κ2) is 2.96. The fourth-order valence-corrected chi connectivity index (χ4v) is 2.59. The Morgan fingerprint density at radius 2 is 2.14 bits per heavy atom. The van der Waals surface area contributed by atoms with Crippen LogP contribution in [-0.4, -0.2) is 24.3 Å². The van der Waals surface area contributed by atoms with E-state index < -0.39 is 5.60 Å². The first-order chi connectivity index (χ1) is 6.56. The highest BCUT2D eigenvalue weighted by atomic mass is 16.7. The van der Waals surface area contributed by atoms with Gasteiger partial charge < -0.3 is 9.47 Å². The van der Waals surface area contributed by atoms with Crippen LogP contribution in [0, 0.1) is 5.92 Å². The van der Waals surface area contributed by atoms with Gasteiger partial charge in [-0.25, -0.2) is 4.79 Å². The number of epoxide rings is 1. The highest BCUT2D eigenvalue weighted by molar-refractivity contribution is 5.85. The van der Waals surface area contributed by atoms with Gasteiger partial charge in [0.15, 0.2) is 5.60 Å². The first-order valence-electron chi connectivity index (χ1n) is 5.35. The van der Waals surface area contributed by atoms with Crippen molar-refractivity contribution in [3.8, 4) is 0 Å². The summed E-state index contributed by atoms with van der Waals surface area (Å²) in [5, 5.41) is 0. The van der Waals surface area contributed by atoms with Gasteiger partial charge >= 0.3 is 5.97 Å². The van der Waals surface area contributed by atoms with Crippen LogP contribution in [0.5, 0.6) is 0 Å². The first kappa shape index (κ1) is 9.97. The number of esters is 1. The van der Waals surface area contributed by atoms with Crippen molar-refractivity contribution in [2.75, 3.05) is 7.11 Å². The van der Waals surface area contributed by atoms with Crippen LogP contribution in [0.25, 0.3) is 0 Å². The number of hydrogen-bond donors (Lipinski definition) is 0. The molecule has 1 spiro atoms.